The van der Waals surface area contributed by atoms with Gasteiger partial charge in [-0.2, -0.15) is 0 Å². The molecule has 40 heavy (non-hydrogen) atoms. The highest BCUT2D eigenvalue weighted by atomic mass is 19.1. The summed E-state index contributed by atoms with van der Waals surface area (Å²) >= 11 is 0. The first-order valence-electron chi connectivity index (χ1n) is 13.4. The molecule has 0 radical (unpaired) electrons. The fourth-order valence-corrected chi connectivity index (χ4v) is 4.48. The number of carbonyl (C=O) groups excluding carboxylic acids is 2. The van der Waals surface area contributed by atoms with Gasteiger partial charge in [0, 0.05) is 38.3 Å². The van der Waals surface area contributed by atoms with Crippen LogP contribution in [0.3, 0.4) is 0 Å². The van der Waals surface area contributed by atoms with Crippen LogP contribution in [-0.2, 0) is 19.4 Å². The zero-order valence-electron chi connectivity index (χ0n) is 23.1. The Morgan fingerprint density at radius 2 is 1.65 bits per heavy atom. The number of rotatable bonds is 13. The van der Waals surface area contributed by atoms with Crippen molar-refractivity contribution in [2.75, 3.05) is 20.1 Å². The molecule has 0 aliphatic carbocycles. The number of hydrogen-bond acceptors (Lipinski definition) is 5. The van der Waals surface area contributed by atoms with Crippen LogP contribution in [0.25, 0.3) is 0 Å². The van der Waals surface area contributed by atoms with Gasteiger partial charge in [-0.05, 0) is 66.3 Å². The standard InChI is InChI=1S/C31H37F2N3O4/c1-4-11-36(3)31(40)26-16-23(9-10-28(26)37)30(39)35-27(15-22-13-24(32)17-25(33)14-22)29(38)19-34-18-21-8-6-7-20(5-2)12-21/h6-10,12-14,16-17,27,29,34,37-38H,4-5,11,15,18-19H2,1-3H3,(H,35,39)/t27-,29+/m0/s1. The molecule has 0 heterocycles. The van der Waals surface area contributed by atoms with Gasteiger partial charge in [0.1, 0.15) is 17.4 Å². The number of amides is 2. The van der Waals surface area contributed by atoms with Gasteiger partial charge >= 0.3 is 0 Å². The number of nitrogens with zero attached hydrogens (tertiary/aromatic N) is 1. The number of aryl methyl sites for hydroxylation is 1. The van der Waals surface area contributed by atoms with Crippen molar-refractivity contribution in [2.45, 2.75) is 51.8 Å². The van der Waals surface area contributed by atoms with E-state index in [1.165, 1.54) is 28.7 Å². The Labute approximate surface area is 233 Å². The third kappa shape index (κ3) is 8.59. The van der Waals surface area contributed by atoms with Crippen LogP contribution in [0.5, 0.6) is 5.75 Å². The highest BCUT2D eigenvalue weighted by Gasteiger charge is 2.24. The van der Waals surface area contributed by atoms with Gasteiger partial charge in [-0.1, -0.05) is 38.1 Å². The third-order valence-electron chi connectivity index (χ3n) is 6.64. The van der Waals surface area contributed by atoms with Crippen molar-refractivity contribution >= 4 is 11.8 Å². The van der Waals surface area contributed by atoms with E-state index in [4.69, 9.17) is 0 Å². The number of phenolic OH excluding ortho intramolecular Hbond substituents is 1. The van der Waals surface area contributed by atoms with Gasteiger partial charge in [0.25, 0.3) is 11.8 Å². The first kappa shape index (κ1) is 30.7. The van der Waals surface area contributed by atoms with Crippen LogP contribution in [0.2, 0.25) is 0 Å². The van der Waals surface area contributed by atoms with Crippen molar-refractivity contribution in [3.8, 4) is 5.75 Å². The van der Waals surface area contributed by atoms with Gasteiger partial charge in [0.15, 0.2) is 0 Å². The lowest BCUT2D eigenvalue weighted by molar-refractivity contribution is 0.0792. The van der Waals surface area contributed by atoms with Gasteiger partial charge in [0.05, 0.1) is 17.7 Å². The molecular formula is C31H37F2N3O4. The van der Waals surface area contributed by atoms with Gasteiger partial charge in [0.2, 0.25) is 0 Å². The maximum absolute atomic E-state index is 13.9. The summed E-state index contributed by atoms with van der Waals surface area (Å²) < 4.78 is 27.8. The van der Waals surface area contributed by atoms with Gasteiger partial charge in [-0.3, -0.25) is 9.59 Å². The smallest absolute Gasteiger partial charge is 0.257 e. The van der Waals surface area contributed by atoms with Crippen LogP contribution in [0.4, 0.5) is 8.78 Å². The molecule has 0 fully saturated rings. The minimum Gasteiger partial charge on any atom is -0.507 e. The molecule has 0 aromatic heterocycles. The molecule has 2 amide bonds. The summed E-state index contributed by atoms with van der Waals surface area (Å²) in [7, 11) is 1.61. The molecule has 214 valence electrons. The van der Waals surface area contributed by atoms with E-state index >= 15 is 0 Å². The lowest BCUT2D eigenvalue weighted by atomic mass is 9.99. The number of halogens is 2. The lowest BCUT2D eigenvalue weighted by Gasteiger charge is -2.25. The molecule has 9 heteroatoms. The number of aliphatic hydroxyl groups excluding tert-OH is 1. The number of carbonyl (C=O) groups is 2. The molecule has 0 bridgehead atoms. The molecule has 3 aromatic carbocycles. The van der Waals surface area contributed by atoms with Crippen LogP contribution in [0, 0.1) is 11.6 Å². The minimum atomic E-state index is -1.11. The first-order valence-corrected chi connectivity index (χ1v) is 13.4. The molecular weight excluding hydrogens is 516 g/mol. The Morgan fingerprint density at radius 1 is 0.950 bits per heavy atom. The van der Waals surface area contributed by atoms with Crippen LogP contribution in [-0.4, -0.2) is 59.2 Å². The Morgan fingerprint density at radius 3 is 2.33 bits per heavy atom. The van der Waals surface area contributed by atoms with Crippen molar-refractivity contribution in [1.82, 2.24) is 15.5 Å². The van der Waals surface area contributed by atoms with Crippen molar-refractivity contribution in [1.29, 1.82) is 0 Å². The molecule has 0 saturated heterocycles. The van der Waals surface area contributed by atoms with Crippen LogP contribution >= 0.6 is 0 Å². The van der Waals surface area contributed by atoms with Crippen molar-refractivity contribution < 1.29 is 28.6 Å². The number of benzene rings is 3. The fourth-order valence-electron chi connectivity index (χ4n) is 4.48. The predicted octanol–water partition coefficient (Wildman–Crippen LogP) is 4.21. The Balaban J connectivity index is 1.78. The van der Waals surface area contributed by atoms with Gasteiger partial charge in [-0.15, -0.1) is 0 Å². The molecule has 7 nitrogen and oxygen atoms in total. The summed E-state index contributed by atoms with van der Waals surface area (Å²) in [6, 6.07) is 14.1. The average molecular weight is 554 g/mol. The minimum absolute atomic E-state index is 0.0242. The number of aliphatic hydroxyl groups is 1. The predicted molar refractivity (Wildman–Crippen MR) is 150 cm³/mol. The molecule has 3 aromatic rings. The summed E-state index contributed by atoms with van der Waals surface area (Å²) in [5, 5.41) is 27.2. The van der Waals surface area contributed by atoms with E-state index in [1.807, 2.05) is 25.1 Å². The Bertz CT molecular complexity index is 1300. The summed E-state index contributed by atoms with van der Waals surface area (Å²) in [6.07, 6.45) is 0.464. The Kier molecular flexibility index (Phi) is 11.2. The second kappa shape index (κ2) is 14.5. The quantitative estimate of drug-likeness (QED) is 0.254. The third-order valence-corrected chi connectivity index (χ3v) is 6.64. The maximum atomic E-state index is 13.9. The monoisotopic (exact) mass is 553 g/mol. The Hall–Kier alpha value is -3.82. The number of hydrogen-bond donors (Lipinski definition) is 4. The van der Waals surface area contributed by atoms with E-state index < -0.39 is 35.6 Å². The van der Waals surface area contributed by atoms with E-state index in [1.54, 1.807) is 7.05 Å². The molecule has 0 spiro atoms. The average Bonchev–Trinajstić information content (AvgIpc) is 2.92. The molecule has 2 atom stereocenters. The summed E-state index contributed by atoms with van der Waals surface area (Å²) in [4.78, 5) is 27.4. The first-order chi connectivity index (χ1) is 19.1. The summed E-state index contributed by atoms with van der Waals surface area (Å²) in [5.74, 6) is -2.82. The molecule has 0 aliphatic rings. The van der Waals surface area contributed by atoms with Crippen molar-refractivity contribution in [3.63, 3.8) is 0 Å². The lowest BCUT2D eigenvalue weighted by Crippen LogP contribution is -2.48. The van der Waals surface area contributed by atoms with E-state index in [2.05, 4.69) is 23.6 Å². The van der Waals surface area contributed by atoms with E-state index in [0.29, 0.717) is 13.1 Å². The summed E-state index contributed by atoms with van der Waals surface area (Å²) in [6.45, 7) is 5.04. The van der Waals surface area contributed by atoms with Crippen LogP contribution < -0.4 is 10.6 Å². The normalized spacial score (nSPS) is 12.6. The van der Waals surface area contributed by atoms with Crippen LogP contribution in [0.1, 0.15) is 57.7 Å². The topological polar surface area (TPSA) is 102 Å². The zero-order valence-corrected chi connectivity index (χ0v) is 23.1. The molecule has 3 rings (SSSR count). The number of aromatic hydroxyl groups is 1. The van der Waals surface area contributed by atoms with Gasteiger partial charge < -0.3 is 25.7 Å². The molecule has 0 unspecified atom stereocenters. The van der Waals surface area contributed by atoms with Crippen molar-refractivity contribution in [2.24, 2.45) is 0 Å². The van der Waals surface area contributed by atoms with Crippen molar-refractivity contribution in [3.05, 3.63) is 100 Å². The molecule has 0 aliphatic heterocycles. The highest BCUT2D eigenvalue weighted by molar-refractivity contribution is 6.01. The second-order valence-electron chi connectivity index (χ2n) is 9.89. The largest absolute Gasteiger partial charge is 0.507 e. The second-order valence-corrected chi connectivity index (χ2v) is 9.89. The highest BCUT2D eigenvalue weighted by Crippen LogP contribution is 2.21. The van der Waals surface area contributed by atoms with E-state index in [9.17, 15) is 28.6 Å². The van der Waals surface area contributed by atoms with E-state index in [-0.39, 0.29) is 35.4 Å². The maximum Gasteiger partial charge on any atom is 0.257 e. The fraction of sp³-hybridized carbons (Fsp3) is 0.355. The van der Waals surface area contributed by atoms with Crippen LogP contribution in [0.15, 0.2) is 60.7 Å². The molecule has 4 N–H and O–H groups in total. The van der Waals surface area contributed by atoms with Gasteiger partial charge in [-0.25, -0.2) is 8.78 Å². The SMILES string of the molecule is CCCN(C)C(=O)c1cc(C(=O)N[C@@H](Cc2cc(F)cc(F)c2)[C@H](O)CNCc2cccc(CC)c2)ccc1O. The van der Waals surface area contributed by atoms with E-state index in [0.717, 1.165) is 36.6 Å². The summed E-state index contributed by atoms with van der Waals surface area (Å²) in [5.41, 5.74) is 2.56. The number of nitrogens with one attached hydrogen (secondary N) is 2. The molecule has 0 saturated carbocycles. The number of phenols is 1. The zero-order chi connectivity index (χ0) is 29.2.